The molecule has 0 unspecified atom stereocenters. The van der Waals surface area contributed by atoms with E-state index in [0.29, 0.717) is 11.4 Å². The summed E-state index contributed by atoms with van der Waals surface area (Å²) in [5.74, 6) is 0.591. The molecule has 1 saturated heterocycles. The summed E-state index contributed by atoms with van der Waals surface area (Å²) in [6.45, 7) is 13.3. The van der Waals surface area contributed by atoms with Crippen molar-refractivity contribution >= 4 is 5.82 Å². The van der Waals surface area contributed by atoms with E-state index in [1.807, 2.05) is 13.8 Å². The lowest BCUT2D eigenvalue weighted by Gasteiger charge is -2.43. The zero-order chi connectivity index (χ0) is 16.3. The molecule has 0 atom stereocenters. The maximum atomic E-state index is 9.36. The van der Waals surface area contributed by atoms with Gasteiger partial charge in [-0.25, -0.2) is 0 Å². The maximum absolute atomic E-state index is 9.36. The van der Waals surface area contributed by atoms with Crippen LogP contribution in [0.2, 0.25) is 0 Å². The average molecular weight is 302 g/mol. The van der Waals surface area contributed by atoms with Crippen molar-refractivity contribution in [2.45, 2.75) is 33.2 Å². The second-order valence-electron chi connectivity index (χ2n) is 6.70. The van der Waals surface area contributed by atoms with E-state index in [9.17, 15) is 5.26 Å². The summed E-state index contributed by atoms with van der Waals surface area (Å²) in [5.41, 5.74) is 2.31. The molecule has 1 fully saturated rings. The molecule has 6 nitrogen and oxygen atoms in total. The van der Waals surface area contributed by atoms with Gasteiger partial charge in [0.2, 0.25) is 0 Å². The summed E-state index contributed by atoms with van der Waals surface area (Å²) >= 11 is 0. The standard InChI is InChI=1S/C16H26N6/c1-12-13(2)19-20-15(14(12)10-17)18-11-16(3,4)22-8-6-21(5)7-9-22/h6-9,11H2,1-5H3,(H,18,20). The quantitative estimate of drug-likeness (QED) is 0.907. The van der Waals surface area contributed by atoms with Crippen LogP contribution in [0.1, 0.15) is 30.7 Å². The van der Waals surface area contributed by atoms with Gasteiger partial charge < -0.3 is 10.2 Å². The number of rotatable bonds is 4. The van der Waals surface area contributed by atoms with Crippen LogP contribution >= 0.6 is 0 Å². The Morgan fingerprint density at radius 1 is 1.18 bits per heavy atom. The molecule has 0 spiro atoms. The second kappa shape index (κ2) is 6.59. The molecule has 0 saturated carbocycles. The highest BCUT2D eigenvalue weighted by molar-refractivity contribution is 5.55. The number of likely N-dealkylation sites (N-methyl/N-ethyl adjacent to an activating group) is 1. The summed E-state index contributed by atoms with van der Waals surface area (Å²) in [5, 5.41) is 21.0. The van der Waals surface area contributed by atoms with Crippen molar-refractivity contribution in [1.82, 2.24) is 20.0 Å². The number of hydrogen-bond donors (Lipinski definition) is 1. The van der Waals surface area contributed by atoms with Crippen LogP contribution in [0.4, 0.5) is 5.82 Å². The van der Waals surface area contributed by atoms with E-state index < -0.39 is 0 Å². The lowest BCUT2D eigenvalue weighted by atomic mass is 10.0. The molecule has 6 heteroatoms. The number of nitrogens with one attached hydrogen (secondary N) is 1. The Kier molecular flexibility index (Phi) is 4.99. The SMILES string of the molecule is Cc1nnc(NCC(C)(C)N2CCN(C)CC2)c(C#N)c1C. The summed E-state index contributed by atoms with van der Waals surface area (Å²) in [7, 11) is 2.16. The van der Waals surface area contributed by atoms with E-state index in [2.05, 4.69) is 52.3 Å². The molecule has 120 valence electrons. The Morgan fingerprint density at radius 3 is 2.41 bits per heavy atom. The van der Waals surface area contributed by atoms with Gasteiger partial charge in [-0.1, -0.05) is 0 Å². The largest absolute Gasteiger partial charge is 0.366 e. The highest BCUT2D eigenvalue weighted by Gasteiger charge is 2.29. The van der Waals surface area contributed by atoms with E-state index in [4.69, 9.17) is 0 Å². The Morgan fingerprint density at radius 2 is 1.82 bits per heavy atom. The van der Waals surface area contributed by atoms with Crippen molar-refractivity contribution in [1.29, 1.82) is 5.26 Å². The van der Waals surface area contributed by atoms with Crippen LogP contribution in [-0.2, 0) is 0 Å². The van der Waals surface area contributed by atoms with Crippen LogP contribution < -0.4 is 5.32 Å². The smallest absolute Gasteiger partial charge is 0.166 e. The number of aryl methyl sites for hydroxylation is 1. The first kappa shape index (κ1) is 16.7. The molecule has 2 heterocycles. The van der Waals surface area contributed by atoms with Gasteiger partial charge in [0.05, 0.1) is 5.69 Å². The predicted octanol–water partition coefficient (Wildman–Crippen LogP) is 1.40. The Hall–Kier alpha value is -1.71. The molecule has 1 aromatic heterocycles. The van der Waals surface area contributed by atoms with Gasteiger partial charge >= 0.3 is 0 Å². The van der Waals surface area contributed by atoms with Crippen molar-refractivity contribution in [2.75, 3.05) is 45.1 Å². The first-order valence-electron chi connectivity index (χ1n) is 7.76. The summed E-state index contributed by atoms with van der Waals surface area (Å²) in [6, 6.07) is 2.24. The molecule has 0 aliphatic carbocycles. The Balaban J connectivity index is 2.06. The zero-order valence-corrected chi connectivity index (χ0v) is 14.3. The number of anilines is 1. The molecule has 1 aliphatic rings. The Labute approximate surface area is 133 Å². The van der Waals surface area contributed by atoms with Crippen molar-refractivity contribution in [2.24, 2.45) is 0 Å². The van der Waals surface area contributed by atoms with Crippen LogP contribution in [0.15, 0.2) is 0 Å². The third-order valence-corrected chi connectivity index (χ3v) is 4.61. The van der Waals surface area contributed by atoms with Crippen LogP contribution in [0.3, 0.4) is 0 Å². The number of nitriles is 1. The van der Waals surface area contributed by atoms with Gasteiger partial charge in [-0.2, -0.15) is 10.4 Å². The first-order chi connectivity index (χ1) is 10.3. The van der Waals surface area contributed by atoms with E-state index in [-0.39, 0.29) is 5.54 Å². The molecule has 0 radical (unpaired) electrons. The van der Waals surface area contributed by atoms with Crippen molar-refractivity contribution in [3.8, 4) is 6.07 Å². The van der Waals surface area contributed by atoms with Gasteiger partial charge in [0.25, 0.3) is 0 Å². The highest BCUT2D eigenvalue weighted by Crippen LogP contribution is 2.21. The van der Waals surface area contributed by atoms with Crippen LogP contribution in [0.25, 0.3) is 0 Å². The minimum atomic E-state index is 0.00839. The fraction of sp³-hybridized carbons (Fsp3) is 0.688. The van der Waals surface area contributed by atoms with Gasteiger partial charge in [-0.05, 0) is 40.3 Å². The number of aromatic nitrogens is 2. The van der Waals surface area contributed by atoms with Gasteiger partial charge in [-0.15, -0.1) is 5.10 Å². The monoisotopic (exact) mass is 302 g/mol. The zero-order valence-electron chi connectivity index (χ0n) is 14.3. The lowest BCUT2D eigenvalue weighted by molar-refractivity contribution is 0.0698. The molecule has 1 N–H and O–H groups in total. The fourth-order valence-corrected chi connectivity index (χ4v) is 2.69. The van der Waals surface area contributed by atoms with Crippen molar-refractivity contribution < 1.29 is 0 Å². The van der Waals surface area contributed by atoms with Gasteiger partial charge in [0.15, 0.2) is 5.82 Å². The summed E-state index contributed by atoms with van der Waals surface area (Å²) in [6.07, 6.45) is 0. The van der Waals surface area contributed by atoms with Crippen LogP contribution in [0, 0.1) is 25.2 Å². The predicted molar refractivity (Wildman–Crippen MR) is 87.9 cm³/mol. The molecule has 0 amide bonds. The number of hydrogen-bond acceptors (Lipinski definition) is 6. The number of nitrogens with zero attached hydrogens (tertiary/aromatic N) is 5. The Bertz CT molecular complexity index is 567. The molecular formula is C16H26N6. The summed E-state index contributed by atoms with van der Waals surface area (Å²) in [4.78, 5) is 4.84. The normalized spacial score (nSPS) is 17.3. The van der Waals surface area contributed by atoms with Crippen molar-refractivity contribution in [3.63, 3.8) is 0 Å². The third kappa shape index (κ3) is 3.54. The first-order valence-corrected chi connectivity index (χ1v) is 7.76. The lowest BCUT2D eigenvalue weighted by Crippen LogP contribution is -2.56. The topological polar surface area (TPSA) is 68.1 Å². The molecule has 0 bridgehead atoms. The molecule has 1 aliphatic heterocycles. The maximum Gasteiger partial charge on any atom is 0.166 e. The molecule has 0 aromatic carbocycles. The van der Waals surface area contributed by atoms with Gasteiger partial charge in [-0.3, -0.25) is 4.90 Å². The molecule has 1 aromatic rings. The van der Waals surface area contributed by atoms with Gasteiger partial charge in [0, 0.05) is 38.3 Å². The van der Waals surface area contributed by atoms with E-state index >= 15 is 0 Å². The van der Waals surface area contributed by atoms with Gasteiger partial charge in [0.1, 0.15) is 11.6 Å². The molecule has 2 rings (SSSR count). The minimum Gasteiger partial charge on any atom is -0.366 e. The third-order valence-electron chi connectivity index (χ3n) is 4.61. The minimum absolute atomic E-state index is 0.00839. The number of piperazine rings is 1. The summed E-state index contributed by atoms with van der Waals surface area (Å²) < 4.78 is 0. The van der Waals surface area contributed by atoms with E-state index in [1.54, 1.807) is 0 Å². The highest BCUT2D eigenvalue weighted by atomic mass is 15.3. The van der Waals surface area contributed by atoms with Crippen LogP contribution in [0.5, 0.6) is 0 Å². The van der Waals surface area contributed by atoms with E-state index in [1.165, 1.54) is 0 Å². The van der Waals surface area contributed by atoms with E-state index in [0.717, 1.165) is 44.0 Å². The average Bonchev–Trinajstić information content (AvgIpc) is 2.49. The molecule has 22 heavy (non-hydrogen) atoms. The van der Waals surface area contributed by atoms with Crippen molar-refractivity contribution in [3.05, 3.63) is 16.8 Å². The second-order valence-corrected chi connectivity index (χ2v) is 6.70. The molecular weight excluding hydrogens is 276 g/mol. The fourth-order valence-electron chi connectivity index (χ4n) is 2.69. The van der Waals surface area contributed by atoms with Crippen LogP contribution in [-0.4, -0.2) is 65.3 Å².